The van der Waals surface area contributed by atoms with Crippen LogP contribution in [0.1, 0.15) is 0 Å². The molecule has 0 bridgehead atoms. The third-order valence-corrected chi connectivity index (χ3v) is 0.349. The fourth-order valence-corrected chi connectivity index (χ4v) is 0.0546. The first kappa shape index (κ1) is 15.8. The van der Waals surface area contributed by atoms with E-state index in [0.29, 0.717) is 0 Å². The molecule has 9 heavy (non-hydrogen) atoms. The van der Waals surface area contributed by atoms with Gasteiger partial charge in [-0.1, -0.05) is 0 Å². The van der Waals surface area contributed by atoms with Crippen molar-refractivity contribution in [2.45, 2.75) is 0 Å². The SMILES string of the molecule is O.O=C([O-])C(=O)CF.[Li+]. The molecule has 0 saturated heterocycles. The molecule has 0 radical (unpaired) electrons. The zero-order valence-electron chi connectivity index (χ0n) is 4.81. The maximum atomic E-state index is 10.9. The van der Waals surface area contributed by atoms with Crippen LogP contribution in [-0.4, -0.2) is 23.9 Å². The van der Waals surface area contributed by atoms with Crippen molar-refractivity contribution in [3.63, 3.8) is 0 Å². The van der Waals surface area contributed by atoms with Crippen LogP contribution in [0, 0.1) is 0 Å². The molecule has 0 aliphatic rings. The molecule has 0 aromatic carbocycles. The van der Waals surface area contributed by atoms with Gasteiger partial charge in [-0.3, -0.25) is 4.79 Å². The summed E-state index contributed by atoms with van der Waals surface area (Å²) in [5.41, 5.74) is 0. The number of carboxylic acids is 1. The summed E-state index contributed by atoms with van der Waals surface area (Å²) in [7, 11) is 0. The van der Waals surface area contributed by atoms with Gasteiger partial charge in [0.15, 0.2) is 6.67 Å². The van der Waals surface area contributed by atoms with Gasteiger partial charge in [-0.25, -0.2) is 4.39 Å². The quantitative estimate of drug-likeness (QED) is 0.276. The second kappa shape index (κ2) is 7.63. The van der Waals surface area contributed by atoms with E-state index in [9.17, 15) is 19.1 Å². The van der Waals surface area contributed by atoms with E-state index in [0.717, 1.165) is 0 Å². The van der Waals surface area contributed by atoms with E-state index in [1.54, 1.807) is 0 Å². The van der Waals surface area contributed by atoms with Crippen LogP contribution in [0.3, 0.4) is 0 Å². The van der Waals surface area contributed by atoms with Gasteiger partial charge in [0.2, 0.25) is 5.78 Å². The first-order chi connectivity index (χ1) is 3.18. The predicted molar refractivity (Wildman–Crippen MR) is 19.6 cm³/mol. The number of hydrogen-bond acceptors (Lipinski definition) is 3. The topological polar surface area (TPSA) is 88.7 Å². The second-order valence-corrected chi connectivity index (χ2v) is 0.844. The van der Waals surface area contributed by atoms with Crippen LogP contribution in [0.15, 0.2) is 0 Å². The van der Waals surface area contributed by atoms with Crippen molar-refractivity contribution < 1.29 is 43.4 Å². The molecule has 6 heteroatoms. The van der Waals surface area contributed by atoms with Gasteiger partial charge in [0.25, 0.3) is 0 Å². The number of halogens is 1. The third kappa shape index (κ3) is 7.63. The van der Waals surface area contributed by atoms with Crippen molar-refractivity contribution in [1.29, 1.82) is 0 Å². The summed E-state index contributed by atoms with van der Waals surface area (Å²) >= 11 is 0. The van der Waals surface area contributed by atoms with Crippen LogP contribution in [-0.2, 0) is 9.59 Å². The Kier molecular flexibility index (Phi) is 13.4. The molecule has 0 unspecified atom stereocenters. The minimum absolute atomic E-state index is 0. The van der Waals surface area contributed by atoms with E-state index in [-0.39, 0.29) is 24.3 Å². The van der Waals surface area contributed by atoms with E-state index in [1.807, 2.05) is 0 Å². The standard InChI is InChI=1S/C3H3FO3.Li.H2O/c4-1-2(5)3(6)7;;/h1H2,(H,6,7);;1H2/q;+1;/p-1. The van der Waals surface area contributed by atoms with Crippen molar-refractivity contribution in [2.24, 2.45) is 0 Å². The minimum Gasteiger partial charge on any atom is -0.542 e. The molecule has 0 aliphatic carbocycles. The molecule has 0 heterocycles. The van der Waals surface area contributed by atoms with E-state index in [4.69, 9.17) is 0 Å². The summed E-state index contributed by atoms with van der Waals surface area (Å²) in [6.07, 6.45) is 0. The molecular weight excluding hydrogens is 126 g/mol. The Bertz CT molecular complexity index is 104. The average molecular weight is 130 g/mol. The molecule has 48 valence electrons. The molecule has 0 saturated carbocycles. The van der Waals surface area contributed by atoms with Crippen molar-refractivity contribution in [2.75, 3.05) is 6.67 Å². The smallest absolute Gasteiger partial charge is 0.542 e. The normalized spacial score (nSPS) is 6.33. The molecule has 0 fully saturated rings. The zero-order chi connectivity index (χ0) is 5.86. The van der Waals surface area contributed by atoms with E-state index >= 15 is 0 Å². The number of aliphatic carboxylic acids is 1. The van der Waals surface area contributed by atoms with Crippen LogP contribution in [0.5, 0.6) is 0 Å². The van der Waals surface area contributed by atoms with E-state index in [2.05, 4.69) is 0 Å². The Hall–Kier alpha value is -0.373. The minimum atomic E-state index is -1.97. The molecule has 0 rings (SSSR count). The summed E-state index contributed by atoms with van der Waals surface area (Å²) < 4.78 is 10.9. The largest absolute Gasteiger partial charge is 1.00 e. The van der Waals surface area contributed by atoms with Gasteiger partial charge in [-0.2, -0.15) is 0 Å². The number of carbonyl (C=O) groups excluding carboxylic acids is 2. The summed E-state index contributed by atoms with van der Waals surface area (Å²) in [5.74, 6) is -3.48. The van der Waals surface area contributed by atoms with Gasteiger partial charge >= 0.3 is 18.9 Å². The molecule has 0 aliphatic heterocycles. The summed E-state index contributed by atoms with van der Waals surface area (Å²) in [6.45, 7) is -1.48. The van der Waals surface area contributed by atoms with Crippen LogP contribution in [0.25, 0.3) is 0 Å². The Morgan fingerprint density at radius 2 is 1.78 bits per heavy atom. The van der Waals surface area contributed by atoms with Crippen molar-refractivity contribution >= 4 is 11.8 Å². The monoisotopic (exact) mass is 130 g/mol. The van der Waals surface area contributed by atoms with Crippen LogP contribution >= 0.6 is 0 Å². The molecule has 0 spiro atoms. The Labute approximate surface area is 62.5 Å². The van der Waals surface area contributed by atoms with Gasteiger partial charge in [-0.05, 0) is 0 Å². The fraction of sp³-hybridized carbons (Fsp3) is 0.333. The summed E-state index contributed by atoms with van der Waals surface area (Å²) in [6, 6.07) is 0. The van der Waals surface area contributed by atoms with Gasteiger partial charge in [0.1, 0.15) is 5.97 Å². The zero-order valence-corrected chi connectivity index (χ0v) is 4.81. The maximum Gasteiger partial charge on any atom is 1.00 e. The fourth-order valence-electron chi connectivity index (χ4n) is 0.0546. The number of alkyl halides is 1. The number of rotatable bonds is 2. The summed E-state index contributed by atoms with van der Waals surface area (Å²) in [4.78, 5) is 18.7. The molecule has 2 N–H and O–H groups in total. The van der Waals surface area contributed by atoms with Crippen molar-refractivity contribution in [3.8, 4) is 0 Å². The number of carboxylic acid groups (broad SMARTS) is 1. The van der Waals surface area contributed by atoms with Crippen LogP contribution < -0.4 is 24.0 Å². The maximum absolute atomic E-state index is 10.9. The molecule has 4 nitrogen and oxygen atoms in total. The third-order valence-electron chi connectivity index (χ3n) is 0.349. The molecule has 0 aromatic heterocycles. The van der Waals surface area contributed by atoms with E-state index in [1.165, 1.54) is 0 Å². The second-order valence-electron chi connectivity index (χ2n) is 0.844. The van der Waals surface area contributed by atoms with Gasteiger partial charge < -0.3 is 15.4 Å². The van der Waals surface area contributed by atoms with Gasteiger partial charge in [-0.15, -0.1) is 0 Å². The molecule has 0 aromatic rings. The number of carbonyl (C=O) groups is 2. The first-order valence-electron chi connectivity index (χ1n) is 1.48. The molecule has 0 amide bonds. The Morgan fingerprint density at radius 3 is 1.78 bits per heavy atom. The molecular formula is C3H4FLiO4. The van der Waals surface area contributed by atoms with Crippen LogP contribution in [0.4, 0.5) is 4.39 Å². The van der Waals surface area contributed by atoms with Crippen molar-refractivity contribution in [3.05, 3.63) is 0 Å². The van der Waals surface area contributed by atoms with Gasteiger partial charge in [0.05, 0.1) is 0 Å². The first-order valence-corrected chi connectivity index (χ1v) is 1.48. The summed E-state index contributed by atoms with van der Waals surface area (Å²) in [5, 5.41) is 9.23. The Balaban J connectivity index is -0.000000180. The van der Waals surface area contributed by atoms with Crippen molar-refractivity contribution in [1.82, 2.24) is 0 Å². The Morgan fingerprint density at radius 1 is 1.44 bits per heavy atom. The van der Waals surface area contributed by atoms with E-state index < -0.39 is 18.4 Å². The number of hydrogen-bond donors (Lipinski definition) is 0. The van der Waals surface area contributed by atoms with Crippen LogP contribution in [0.2, 0.25) is 0 Å². The average Bonchev–Trinajstić information content (AvgIpc) is 1.65. The number of ketones is 1. The van der Waals surface area contributed by atoms with Gasteiger partial charge in [0, 0.05) is 0 Å². The predicted octanol–water partition coefficient (Wildman–Crippen LogP) is -5.55. The molecule has 0 atom stereocenters. The number of Topliss-reactive ketones (excluding diaryl/α,β-unsaturated/α-hetero) is 1.